The van der Waals surface area contributed by atoms with Crippen LogP contribution in [0.5, 0.6) is 0 Å². The van der Waals surface area contributed by atoms with Crippen LogP contribution in [0, 0.1) is 12.8 Å². The Labute approximate surface area is 123 Å². The maximum Gasteiger partial charge on any atom is 0.251 e. The lowest BCUT2D eigenvalue weighted by Crippen LogP contribution is -2.15. The van der Waals surface area contributed by atoms with Gasteiger partial charge in [0.15, 0.2) is 0 Å². The molecule has 0 radical (unpaired) electrons. The maximum atomic E-state index is 11.7. The van der Waals surface area contributed by atoms with Crippen LogP contribution in [0.25, 0.3) is 10.9 Å². The summed E-state index contributed by atoms with van der Waals surface area (Å²) in [6.07, 6.45) is 5.65. The van der Waals surface area contributed by atoms with E-state index in [2.05, 4.69) is 40.5 Å². The van der Waals surface area contributed by atoms with Crippen LogP contribution in [0.2, 0.25) is 0 Å². The minimum atomic E-state index is -0.0229. The van der Waals surface area contributed by atoms with Crippen molar-refractivity contribution in [2.45, 2.75) is 26.8 Å². The molecule has 2 aromatic heterocycles. The minimum Gasteiger partial charge on any atom is -0.330 e. The van der Waals surface area contributed by atoms with Crippen molar-refractivity contribution >= 4 is 10.9 Å². The van der Waals surface area contributed by atoms with Crippen molar-refractivity contribution in [2.24, 2.45) is 5.92 Å². The number of aromatic nitrogens is 3. The number of nitrogens with one attached hydrogen (secondary N) is 1. The van der Waals surface area contributed by atoms with Crippen molar-refractivity contribution < 1.29 is 0 Å². The van der Waals surface area contributed by atoms with E-state index in [0.29, 0.717) is 5.92 Å². The van der Waals surface area contributed by atoms with Gasteiger partial charge in [0.25, 0.3) is 5.56 Å². The van der Waals surface area contributed by atoms with E-state index in [-0.39, 0.29) is 11.6 Å². The van der Waals surface area contributed by atoms with Crippen molar-refractivity contribution in [2.75, 3.05) is 0 Å². The molecule has 0 bridgehead atoms. The summed E-state index contributed by atoms with van der Waals surface area (Å²) in [7, 11) is 0. The zero-order valence-electron chi connectivity index (χ0n) is 12.5. The summed E-state index contributed by atoms with van der Waals surface area (Å²) in [5.74, 6) is 0.445. The van der Waals surface area contributed by atoms with Crippen LogP contribution < -0.4 is 5.56 Å². The summed E-state index contributed by atoms with van der Waals surface area (Å²) < 4.78 is 2.13. The summed E-state index contributed by atoms with van der Waals surface area (Å²) in [4.78, 5) is 18.7. The van der Waals surface area contributed by atoms with Crippen molar-refractivity contribution in [3.05, 3.63) is 64.5 Å². The number of imidazole rings is 1. The van der Waals surface area contributed by atoms with E-state index in [1.807, 2.05) is 31.6 Å². The highest BCUT2D eigenvalue weighted by Crippen LogP contribution is 2.28. The molecule has 0 amide bonds. The second kappa shape index (κ2) is 5.20. The molecule has 0 aliphatic carbocycles. The van der Waals surface area contributed by atoms with E-state index in [9.17, 15) is 4.79 Å². The van der Waals surface area contributed by atoms with Crippen LogP contribution in [-0.4, -0.2) is 14.5 Å². The molecule has 0 spiro atoms. The second-order valence-electron chi connectivity index (χ2n) is 5.83. The minimum absolute atomic E-state index is 0.0229. The molecule has 0 saturated carbocycles. The molecule has 3 aromatic rings. The summed E-state index contributed by atoms with van der Waals surface area (Å²) in [6.45, 7) is 6.24. The van der Waals surface area contributed by atoms with Crippen LogP contribution in [0.1, 0.15) is 31.0 Å². The highest BCUT2D eigenvalue weighted by atomic mass is 16.1. The first kappa shape index (κ1) is 13.6. The van der Waals surface area contributed by atoms with Gasteiger partial charge in [-0.05, 0) is 42.0 Å². The van der Waals surface area contributed by atoms with E-state index < -0.39 is 0 Å². The Morgan fingerprint density at radius 1 is 1.24 bits per heavy atom. The van der Waals surface area contributed by atoms with Gasteiger partial charge >= 0.3 is 0 Å². The topological polar surface area (TPSA) is 50.7 Å². The molecular weight excluding hydrogens is 262 g/mol. The fraction of sp³-hybridized carbons (Fsp3) is 0.294. The molecule has 0 fully saturated rings. The predicted molar refractivity (Wildman–Crippen MR) is 84.5 cm³/mol. The van der Waals surface area contributed by atoms with Gasteiger partial charge in [-0.1, -0.05) is 19.9 Å². The van der Waals surface area contributed by atoms with E-state index in [4.69, 9.17) is 0 Å². The van der Waals surface area contributed by atoms with Gasteiger partial charge in [0.1, 0.15) is 0 Å². The van der Waals surface area contributed by atoms with Gasteiger partial charge in [0.2, 0.25) is 0 Å². The molecule has 4 heteroatoms. The molecule has 1 unspecified atom stereocenters. The van der Waals surface area contributed by atoms with Crippen molar-refractivity contribution in [3.63, 3.8) is 0 Å². The molecule has 2 heterocycles. The monoisotopic (exact) mass is 281 g/mol. The summed E-state index contributed by atoms with van der Waals surface area (Å²) in [5, 5.41) is 1.07. The Morgan fingerprint density at radius 3 is 2.71 bits per heavy atom. The number of rotatable bonds is 3. The van der Waals surface area contributed by atoms with Gasteiger partial charge in [0, 0.05) is 23.5 Å². The predicted octanol–water partition coefficient (Wildman–Crippen LogP) is 3.28. The standard InChI is InChI=1S/C17H19N3O/c1-11(2)16(20-7-6-18-10-20)13-4-5-15-14(9-13)8-12(3)17(21)19-15/h4-11,16H,1-3H3,(H,19,21). The SMILES string of the molecule is Cc1cc2cc(C(C(C)C)n3ccnc3)ccc2[nH]c1=O. The van der Waals surface area contributed by atoms with Gasteiger partial charge in [-0.3, -0.25) is 4.79 Å². The molecule has 108 valence electrons. The Balaban J connectivity index is 2.15. The van der Waals surface area contributed by atoms with Gasteiger partial charge in [-0.2, -0.15) is 0 Å². The number of hydrogen-bond acceptors (Lipinski definition) is 2. The first-order valence-electron chi connectivity index (χ1n) is 7.17. The Kier molecular flexibility index (Phi) is 3.37. The summed E-state index contributed by atoms with van der Waals surface area (Å²) in [6, 6.07) is 8.41. The number of hydrogen-bond donors (Lipinski definition) is 1. The normalized spacial score (nSPS) is 13.0. The van der Waals surface area contributed by atoms with Crippen LogP contribution in [0.3, 0.4) is 0 Å². The van der Waals surface area contributed by atoms with Gasteiger partial charge in [0.05, 0.1) is 12.4 Å². The Hall–Kier alpha value is -2.36. The number of fused-ring (bicyclic) bond motifs is 1. The van der Waals surface area contributed by atoms with Crippen molar-refractivity contribution in [1.29, 1.82) is 0 Å². The fourth-order valence-electron chi connectivity index (χ4n) is 2.85. The molecule has 1 aromatic carbocycles. The van der Waals surface area contributed by atoms with Crippen LogP contribution >= 0.6 is 0 Å². The third-order valence-corrected chi connectivity index (χ3v) is 3.87. The van der Waals surface area contributed by atoms with Gasteiger partial charge in [-0.15, -0.1) is 0 Å². The lowest BCUT2D eigenvalue weighted by Gasteiger charge is -2.23. The maximum absolute atomic E-state index is 11.7. The van der Waals surface area contributed by atoms with Crippen molar-refractivity contribution in [1.82, 2.24) is 14.5 Å². The largest absolute Gasteiger partial charge is 0.330 e. The van der Waals surface area contributed by atoms with Crippen LogP contribution in [0.4, 0.5) is 0 Å². The van der Waals surface area contributed by atoms with Gasteiger partial charge < -0.3 is 9.55 Å². The third-order valence-electron chi connectivity index (χ3n) is 3.87. The first-order valence-corrected chi connectivity index (χ1v) is 7.17. The smallest absolute Gasteiger partial charge is 0.251 e. The van der Waals surface area contributed by atoms with E-state index in [1.165, 1.54) is 5.56 Å². The molecule has 21 heavy (non-hydrogen) atoms. The lowest BCUT2D eigenvalue weighted by atomic mass is 9.94. The summed E-state index contributed by atoms with van der Waals surface area (Å²) in [5.41, 5.74) is 2.82. The number of aromatic amines is 1. The second-order valence-corrected chi connectivity index (χ2v) is 5.83. The molecule has 0 saturated heterocycles. The van der Waals surface area contributed by atoms with E-state index in [1.54, 1.807) is 6.20 Å². The molecule has 0 aliphatic rings. The average Bonchev–Trinajstić information content (AvgIpc) is 2.94. The highest BCUT2D eigenvalue weighted by Gasteiger charge is 2.17. The molecule has 0 aliphatic heterocycles. The van der Waals surface area contributed by atoms with Crippen LogP contribution in [0.15, 0.2) is 47.8 Å². The molecular formula is C17H19N3O. The fourth-order valence-corrected chi connectivity index (χ4v) is 2.85. The number of benzene rings is 1. The average molecular weight is 281 g/mol. The quantitative estimate of drug-likeness (QED) is 0.801. The zero-order valence-corrected chi connectivity index (χ0v) is 12.5. The molecule has 4 nitrogen and oxygen atoms in total. The Bertz CT molecular complexity index is 816. The van der Waals surface area contributed by atoms with Crippen LogP contribution in [-0.2, 0) is 0 Å². The highest BCUT2D eigenvalue weighted by molar-refractivity contribution is 5.79. The van der Waals surface area contributed by atoms with E-state index in [0.717, 1.165) is 16.5 Å². The molecule has 1 N–H and O–H groups in total. The lowest BCUT2D eigenvalue weighted by molar-refractivity contribution is 0.437. The summed E-state index contributed by atoms with van der Waals surface area (Å²) >= 11 is 0. The number of nitrogens with zero attached hydrogens (tertiary/aromatic N) is 2. The van der Waals surface area contributed by atoms with Gasteiger partial charge in [-0.25, -0.2) is 4.98 Å². The number of H-pyrrole nitrogens is 1. The first-order chi connectivity index (χ1) is 10.1. The molecule has 1 atom stereocenters. The van der Waals surface area contributed by atoms with E-state index >= 15 is 0 Å². The zero-order chi connectivity index (χ0) is 15.0. The Morgan fingerprint density at radius 2 is 2.05 bits per heavy atom. The third kappa shape index (κ3) is 2.49. The van der Waals surface area contributed by atoms with Crippen molar-refractivity contribution in [3.8, 4) is 0 Å². The number of pyridine rings is 1. The molecule has 3 rings (SSSR count). The number of aryl methyl sites for hydroxylation is 1.